The minimum absolute atomic E-state index is 0.107. The molecule has 0 aliphatic rings. The Bertz CT molecular complexity index is 1220. The Balaban J connectivity index is 1.82. The highest BCUT2D eigenvalue weighted by Crippen LogP contribution is 2.23. The maximum absolute atomic E-state index is 10.6. The van der Waals surface area contributed by atoms with E-state index in [1.807, 2.05) is 18.2 Å². The van der Waals surface area contributed by atoms with Gasteiger partial charge in [0.1, 0.15) is 23.8 Å². The molecule has 29 heavy (non-hydrogen) atoms. The predicted octanol–water partition coefficient (Wildman–Crippen LogP) is 1.65. The lowest BCUT2D eigenvalue weighted by Crippen LogP contribution is -2.17. The maximum Gasteiger partial charge on any atom is 0.240 e. The number of benzene rings is 1. The molecule has 10 heteroatoms. The molecule has 1 aromatic carbocycles. The molecule has 146 valence electrons. The van der Waals surface area contributed by atoms with Crippen LogP contribution in [0.2, 0.25) is 0 Å². The Morgan fingerprint density at radius 3 is 2.86 bits per heavy atom. The van der Waals surface area contributed by atoms with Crippen molar-refractivity contribution >= 4 is 28.3 Å². The number of aliphatic hydroxyl groups is 1. The monoisotopic (exact) mass is 407 g/mol. The summed E-state index contributed by atoms with van der Waals surface area (Å²) in [6.07, 6.45) is 2.98. The van der Waals surface area contributed by atoms with Crippen LogP contribution in [0.5, 0.6) is 0 Å². The number of aromatic nitrogens is 6. The number of methoxy groups -OCH3 is 1. The zero-order chi connectivity index (χ0) is 20.4. The zero-order valence-corrected chi connectivity index (χ0v) is 16.5. The lowest BCUT2D eigenvalue weighted by molar-refractivity contribution is 0.122. The number of anilines is 1. The summed E-state index contributed by atoms with van der Waals surface area (Å²) in [6, 6.07) is 5.53. The number of hydrogen-bond acceptors (Lipinski definition) is 9. The average Bonchev–Trinajstić information content (AvgIpc) is 3.35. The van der Waals surface area contributed by atoms with E-state index in [1.54, 1.807) is 30.2 Å². The lowest BCUT2D eigenvalue weighted by Gasteiger charge is -2.11. The average molecular weight is 407 g/mol. The minimum atomic E-state index is -1.34. The highest BCUT2D eigenvalue weighted by molar-refractivity contribution is 7.09. The van der Waals surface area contributed by atoms with Gasteiger partial charge in [0.25, 0.3) is 0 Å². The van der Waals surface area contributed by atoms with Gasteiger partial charge < -0.3 is 15.6 Å². The van der Waals surface area contributed by atoms with Crippen molar-refractivity contribution in [1.29, 1.82) is 0 Å². The summed E-state index contributed by atoms with van der Waals surface area (Å²) in [5.74, 6) is 6.96. The van der Waals surface area contributed by atoms with Crippen LogP contribution in [-0.4, -0.2) is 41.7 Å². The van der Waals surface area contributed by atoms with Crippen molar-refractivity contribution in [2.75, 3.05) is 12.8 Å². The van der Waals surface area contributed by atoms with Gasteiger partial charge in [-0.05, 0) is 25.1 Å². The second-order valence-electron chi connectivity index (χ2n) is 6.30. The Labute approximate surface area is 170 Å². The zero-order valence-electron chi connectivity index (χ0n) is 15.7. The third-order valence-electron chi connectivity index (χ3n) is 4.07. The van der Waals surface area contributed by atoms with E-state index in [4.69, 9.17) is 10.5 Å². The van der Waals surface area contributed by atoms with Crippen molar-refractivity contribution in [1.82, 2.24) is 29.5 Å². The van der Waals surface area contributed by atoms with E-state index in [-0.39, 0.29) is 12.6 Å². The molecule has 0 radical (unpaired) electrons. The number of fused-ring (bicyclic) bond motifs is 1. The molecule has 0 aliphatic carbocycles. The largest absolute Gasteiger partial charge is 0.377 e. The summed E-state index contributed by atoms with van der Waals surface area (Å²) in [4.78, 5) is 21.0. The van der Waals surface area contributed by atoms with E-state index >= 15 is 0 Å². The highest BCUT2D eigenvalue weighted by atomic mass is 32.1. The van der Waals surface area contributed by atoms with Gasteiger partial charge in [0.15, 0.2) is 5.60 Å². The molecule has 0 unspecified atom stereocenters. The first-order chi connectivity index (χ1) is 14.0. The van der Waals surface area contributed by atoms with E-state index in [9.17, 15) is 5.11 Å². The third kappa shape index (κ3) is 3.79. The normalized spacial score (nSPS) is 13.1. The van der Waals surface area contributed by atoms with Crippen molar-refractivity contribution in [3.63, 3.8) is 0 Å². The molecule has 0 saturated heterocycles. The van der Waals surface area contributed by atoms with Crippen molar-refractivity contribution < 1.29 is 9.84 Å². The topological polar surface area (TPSA) is 125 Å². The molecular weight excluding hydrogens is 390 g/mol. The number of thiazole rings is 1. The highest BCUT2D eigenvalue weighted by Gasteiger charge is 2.23. The van der Waals surface area contributed by atoms with E-state index in [0.29, 0.717) is 22.3 Å². The Morgan fingerprint density at radius 1 is 1.28 bits per heavy atom. The summed E-state index contributed by atoms with van der Waals surface area (Å²) < 4.78 is 7.01. The lowest BCUT2D eigenvalue weighted by atomic mass is 10.1. The standard InChI is InChI=1S/C19H17N7O2S/c1-19(27,16-21-7-8-29-16)6-5-12-3-4-13-14(9-12)26(15(24-13)10-28-2)18-23-11-22-17(20)25-18/h3-4,7-9,11,27H,10H2,1-2H3,(H2,20,22,23,25)/t19-/m1/s1. The number of nitrogens with zero attached hydrogens (tertiary/aromatic N) is 6. The van der Waals surface area contributed by atoms with Crippen LogP contribution in [-0.2, 0) is 16.9 Å². The van der Waals surface area contributed by atoms with Gasteiger partial charge in [-0.3, -0.25) is 4.57 Å². The van der Waals surface area contributed by atoms with Crippen molar-refractivity contribution in [3.8, 4) is 17.8 Å². The summed E-state index contributed by atoms with van der Waals surface area (Å²) in [7, 11) is 1.59. The van der Waals surface area contributed by atoms with Crippen molar-refractivity contribution in [3.05, 3.63) is 52.5 Å². The first-order valence-electron chi connectivity index (χ1n) is 8.58. The molecule has 4 aromatic rings. The van der Waals surface area contributed by atoms with E-state index in [1.165, 1.54) is 17.7 Å². The first-order valence-corrected chi connectivity index (χ1v) is 9.46. The minimum Gasteiger partial charge on any atom is -0.377 e. The molecule has 0 fully saturated rings. The smallest absolute Gasteiger partial charge is 0.240 e. The fourth-order valence-electron chi connectivity index (χ4n) is 2.77. The molecule has 9 nitrogen and oxygen atoms in total. The van der Waals surface area contributed by atoms with Crippen LogP contribution < -0.4 is 5.73 Å². The van der Waals surface area contributed by atoms with Gasteiger partial charge in [0, 0.05) is 24.3 Å². The second kappa shape index (κ2) is 7.56. The number of nitrogens with two attached hydrogens (primary N) is 1. The molecule has 0 spiro atoms. The summed E-state index contributed by atoms with van der Waals surface area (Å²) in [6.45, 7) is 1.88. The van der Waals surface area contributed by atoms with Gasteiger partial charge in [0.05, 0.1) is 11.0 Å². The van der Waals surface area contributed by atoms with Gasteiger partial charge >= 0.3 is 0 Å². The summed E-state index contributed by atoms with van der Waals surface area (Å²) in [5, 5.41) is 12.9. The number of nitrogen functional groups attached to an aromatic ring is 1. The summed E-state index contributed by atoms with van der Waals surface area (Å²) in [5.41, 5.74) is 6.55. The molecule has 0 aliphatic heterocycles. The molecule has 0 saturated carbocycles. The van der Waals surface area contributed by atoms with Crippen LogP contribution >= 0.6 is 11.3 Å². The molecular formula is C19H17N7O2S. The SMILES string of the molecule is COCc1nc2ccc(C#C[C@@](C)(O)c3nccs3)cc2n1-c1ncnc(N)n1. The van der Waals surface area contributed by atoms with Gasteiger partial charge in [-0.25, -0.2) is 19.9 Å². The van der Waals surface area contributed by atoms with Crippen LogP contribution in [0, 0.1) is 11.8 Å². The van der Waals surface area contributed by atoms with E-state index < -0.39 is 5.60 Å². The van der Waals surface area contributed by atoms with Gasteiger partial charge in [0.2, 0.25) is 11.9 Å². The van der Waals surface area contributed by atoms with Crippen molar-refractivity contribution in [2.45, 2.75) is 19.1 Å². The number of ether oxygens (including phenoxy) is 1. The van der Waals surface area contributed by atoms with Crippen LogP contribution in [0.4, 0.5) is 5.95 Å². The maximum atomic E-state index is 10.6. The fourth-order valence-corrected chi connectivity index (χ4v) is 3.42. The number of rotatable bonds is 4. The van der Waals surface area contributed by atoms with Crippen LogP contribution in [0.3, 0.4) is 0 Å². The predicted molar refractivity (Wildman–Crippen MR) is 108 cm³/mol. The molecule has 0 amide bonds. The van der Waals surface area contributed by atoms with E-state index in [0.717, 1.165) is 11.0 Å². The summed E-state index contributed by atoms with van der Waals surface area (Å²) >= 11 is 1.35. The van der Waals surface area contributed by atoms with Crippen LogP contribution in [0.1, 0.15) is 23.3 Å². The Morgan fingerprint density at radius 2 is 2.14 bits per heavy atom. The van der Waals surface area contributed by atoms with E-state index in [2.05, 4.69) is 36.8 Å². The van der Waals surface area contributed by atoms with Crippen molar-refractivity contribution in [2.24, 2.45) is 0 Å². The number of hydrogen-bond donors (Lipinski definition) is 2. The van der Waals surface area contributed by atoms with Gasteiger partial charge in [-0.2, -0.15) is 4.98 Å². The quantitative estimate of drug-likeness (QED) is 0.489. The van der Waals surface area contributed by atoms with Crippen LogP contribution in [0.25, 0.3) is 17.0 Å². The van der Waals surface area contributed by atoms with Gasteiger partial charge in [-0.1, -0.05) is 11.8 Å². The van der Waals surface area contributed by atoms with Gasteiger partial charge in [-0.15, -0.1) is 11.3 Å². The fraction of sp³-hybridized carbons (Fsp3) is 0.211. The molecule has 1 atom stereocenters. The second-order valence-corrected chi connectivity index (χ2v) is 7.20. The molecule has 4 rings (SSSR count). The molecule has 3 N–H and O–H groups in total. The third-order valence-corrected chi connectivity index (χ3v) is 5.06. The van der Waals surface area contributed by atoms with Crippen LogP contribution in [0.15, 0.2) is 36.1 Å². The molecule has 0 bridgehead atoms. The first kappa shape index (κ1) is 18.9. The molecule has 3 heterocycles. The Kier molecular flexibility index (Phi) is 4.94. The molecule has 3 aromatic heterocycles. The number of imidazole rings is 1. The Hall–Kier alpha value is -3.39.